The van der Waals surface area contributed by atoms with Crippen LogP contribution >= 0.6 is 11.6 Å². The van der Waals surface area contributed by atoms with Gasteiger partial charge in [-0.25, -0.2) is 0 Å². The van der Waals surface area contributed by atoms with Crippen LogP contribution in [0.3, 0.4) is 0 Å². The average molecular weight is 354 g/mol. The zero-order chi connectivity index (χ0) is 17.4. The Morgan fingerprint density at radius 2 is 1.75 bits per heavy atom. The Kier molecular flexibility index (Phi) is 7.49. The fraction of sp³-hybridized carbons (Fsp3) is 0.529. The van der Waals surface area contributed by atoms with Crippen LogP contribution in [0.4, 0.5) is 0 Å². The number of ether oxygens (including phenoxy) is 1. The van der Waals surface area contributed by atoms with E-state index < -0.39 is 0 Å². The number of amides is 2. The van der Waals surface area contributed by atoms with Crippen LogP contribution < -0.4 is 5.32 Å². The third-order valence-electron chi connectivity index (χ3n) is 4.04. The summed E-state index contributed by atoms with van der Waals surface area (Å²) in [7, 11) is 1.63. The summed E-state index contributed by atoms with van der Waals surface area (Å²) < 4.78 is 4.93. The number of hydrogen-bond acceptors (Lipinski definition) is 4. The van der Waals surface area contributed by atoms with Crippen molar-refractivity contribution in [2.24, 2.45) is 0 Å². The van der Waals surface area contributed by atoms with E-state index >= 15 is 0 Å². The smallest absolute Gasteiger partial charge is 0.236 e. The van der Waals surface area contributed by atoms with Gasteiger partial charge >= 0.3 is 0 Å². The van der Waals surface area contributed by atoms with Crippen molar-refractivity contribution in [2.75, 3.05) is 53.0 Å². The monoisotopic (exact) mass is 353 g/mol. The van der Waals surface area contributed by atoms with Gasteiger partial charge in [0.2, 0.25) is 11.8 Å². The average Bonchev–Trinajstić information content (AvgIpc) is 2.60. The Hall–Kier alpha value is -1.63. The molecule has 0 unspecified atom stereocenters. The van der Waals surface area contributed by atoms with Crippen LogP contribution in [0.25, 0.3) is 0 Å². The SMILES string of the molecule is COCCNCC(=O)N1CCN(C(=O)Cc2ccccc2Cl)CC1. The summed E-state index contributed by atoms with van der Waals surface area (Å²) in [6.45, 7) is 3.80. The van der Waals surface area contributed by atoms with Crippen molar-refractivity contribution in [2.45, 2.75) is 6.42 Å². The Morgan fingerprint density at radius 3 is 2.38 bits per heavy atom. The molecule has 0 radical (unpaired) electrons. The molecule has 1 aromatic carbocycles. The van der Waals surface area contributed by atoms with Crippen molar-refractivity contribution < 1.29 is 14.3 Å². The van der Waals surface area contributed by atoms with Crippen molar-refractivity contribution >= 4 is 23.4 Å². The van der Waals surface area contributed by atoms with Gasteiger partial charge in [-0.3, -0.25) is 9.59 Å². The number of rotatable bonds is 7. The molecular weight excluding hydrogens is 330 g/mol. The van der Waals surface area contributed by atoms with E-state index in [1.165, 1.54) is 0 Å². The highest BCUT2D eigenvalue weighted by Gasteiger charge is 2.24. The highest BCUT2D eigenvalue weighted by atomic mass is 35.5. The molecule has 0 aliphatic carbocycles. The quantitative estimate of drug-likeness (QED) is 0.736. The van der Waals surface area contributed by atoms with Gasteiger partial charge in [-0.15, -0.1) is 0 Å². The minimum atomic E-state index is 0.0495. The van der Waals surface area contributed by atoms with Gasteiger partial charge in [-0.1, -0.05) is 29.8 Å². The van der Waals surface area contributed by atoms with Crippen LogP contribution in [-0.4, -0.2) is 74.6 Å². The van der Waals surface area contributed by atoms with Crippen LogP contribution in [0.1, 0.15) is 5.56 Å². The Bertz CT molecular complexity index is 560. The maximum atomic E-state index is 12.4. The molecule has 2 rings (SSSR count). The Morgan fingerprint density at radius 1 is 1.12 bits per heavy atom. The summed E-state index contributed by atoms with van der Waals surface area (Å²) in [5.41, 5.74) is 0.838. The van der Waals surface area contributed by atoms with Crippen molar-refractivity contribution in [1.82, 2.24) is 15.1 Å². The topological polar surface area (TPSA) is 61.9 Å². The number of carbonyl (C=O) groups excluding carboxylic acids is 2. The number of carbonyl (C=O) groups is 2. The summed E-state index contributed by atoms with van der Waals surface area (Å²) in [6, 6.07) is 7.38. The zero-order valence-corrected chi connectivity index (χ0v) is 14.7. The predicted molar refractivity (Wildman–Crippen MR) is 93.1 cm³/mol. The van der Waals surface area contributed by atoms with Crippen molar-refractivity contribution in [3.05, 3.63) is 34.9 Å². The molecule has 132 valence electrons. The van der Waals surface area contributed by atoms with Gasteiger partial charge in [-0.05, 0) is 11.6 Å². The molecule has 24 heavy (non-hydrogen) atoms. The lowest BCUT2D eigenvalue weighted by Gasteiger charge is -2.35. The molecule has 0 bridgehead atoms. The summed E-state index contributed by atoms with van der Waals surface area (Å²) in [5, 5.41) is 3.66. The maximum Gasteiger partial charge on any atom is 0.236 e. The van der Waals surface area contributed by atoms with E-state index in [0.29, 0.717) is 57.3 Å². The number of halogens is 1. The third-order valence-corrected chi connectivity index (χ3v) is 4.41. The molecule has 1 aliphatic rings. The largest absolute Gasteiger partial charge is 0.383 e. The van der Waals surface area contributed by atoms with Crippen LogP contribution in [-0.2, 0) is 20.7 Å². The molecule has 0 aromatic heterocycles. The minimum absolute atomic E-state index is 0.0495. The molecule has 2 amide bonds. The van der Waals surface area contributed by atoms with E-state index in [1.807, 2.05) is 18.2 Å². The van der Waals surface area contributed by atoms with Gasteiger partial charge in [0, 0.05) is 44.9 Å². The summed E-state index contributed by atoms with van der Waals surface area (Å²) >= 11 is 6.10. The fourth-order valence-electron chi connectivity index (χ4n) is 2.60. The number of nitrogens with one attached hydrogen (secondary N) is 1. The van der Waals surface area contributed by atoms with Crippen LogP contribution in [0.5, 0.6) is 0 Å². The normalized spacial score (nSPS) is 14.8. The first-order valence-corrected chi connectivity index (χ1v) is 8.48. The lowest BCUT2D eigenvalue weighted by atomic mass is 10.1. The molecule has 1 fully saturated rings. The summed E-state index contributed by atoms with van der Waals surface area (Å²) in [6.07, 6.45) is 0.298. The molecular formula is C17H24ClN3O3. The lowest BCUT2D eigenvalue weighted by Crippen LogP contribution is -2.52. The van der Waals surface area contributed by atoms with Gasteiger partial charge < -0.3 is 19.9 Å². The van der Waals surface area contributed by atoms with Gasteiger partial charge in [0.1, 0.15) is 0 Å². The summed E-state index contributed by atoms with van der Waals surface area (Å²) in [4.78, 5) is 28.0. The van der Waals surface area contributed by atoms with Crippen LogP contribution in [0, 0.1) is 0 Å². The van der Waals surface area contributed by atoms with E-state index in [1.54, 1.807) is 23.0 Å². The molecule has 1 heterocycles. The summed E-state index contributed by atoms with van der Waals surface area (Å²) in [5.74, 6) is 0.109. The second kappa shape index (κ2) is 9.61. The lowest BCUT2D eigenvalue weighted by molar-refractivity contribution is -0.138. The molecule has 1 N–H and O–H groups in total. The fourth-order valence-corrected chi connectivity index (χ4v) is 2.81. The first kappa shape index (κ1) is 18.7. The maximum absolute atomic E-state index is 12.4. The molecule has 7 heteroatoms. The van der Waals surface area contributed by atoms with Gasteiger partial charge in [0.25, 0.3) is 0 Å². The molecule has 1 aromatic rings. The number of hydrogen-bond donors (Lipinski definition) is 1. The van der Waals surface area contributed by atoms with Gasteiger partial charge in [-0.2, -0.15) is 0 Å². The van der Waals surface area contributed by atoms with Gasteiger partial charge in [0.15, 0.2) is 0 Å². The Balaban J connectivity index is 1.75. The molecule has 0 spiro atoms. The Labute approximate surface area is 147 Å². The van der Waals surface area contributed by atoms with Crippen molar-refractivity contribution in [3.63, 3.8) is 0 Å². The predicted octanol–water partition coefficient (Wildman–Crippen LogP) is 0.789. The van der Waals surface area contributed by atoms with Crippen molar-refractivity contribution in [1.29, 1.82) is 0 Å². The van der Waals surface area contributed by atoms with Crippen molar-refractivity contribution in [3.8, 4) is 0 Å². The first-order chi connectivity index (χ1) is 11.6. The standard InChI is InChI=1S/C17H24ClN3O3/c1-24-11-6-19-13-17(23)21-9-7-20(8-10-21)16(22)12-14-4-2-3-5-15(14)18/h2-5,19H,6-13H2,1H3. The minimum Gasteiger partial charge on any atom is -0.383 e. The van der Waals surface area contributed by atoms with E-state index in [4.69, 9.17) is 16.3 Å². The number of benzene rings is 1. The van der Waals surface area contributed by atoms with Crippen LogP contribution in [0.15, 0.2) is 24.3 Å². The highest BCUT2D eigenvalue weighted by molar-refractivity contribution is 6.31. The molecule has 1 aliphatic heterocycles. The zero-order valence-electron chi connectivity index (χ0n) is 14.0. The molecule has 6 nitrogen and oxygen atoms in total. The second-order valence-electron chi connectivity index (χ2n) is 5.70. The van der Waals surface area contributed by atoms with E-state index in [9.17, 15) is 9.59 Å². The van der Waals surface area contributed by atoms with E-state index in [2.05, 4.69) is 5.32 Å². The van der Waals surface area contributed by atoms with Crippen LogP contribution in [0.2, 0.25) is 5.02 Å². The first-order valence-electron chi connectivity index (χ1n) is 8.10. The molecule has 0 saturated carbocycles. The number of piperazine rings is 1. The highest BCUT2D eigenvalue weighted by Crippen LogP contribution is 2.16. The molecule has 0 atom stereocenters. The van der Waals surface area contributed by atoms with E-state index in [-0.39, 0.29) is 11.8 Å². The van der Waals surface area contributed by atoms with Gasteiger partial charge in [0.05, 0.1) is 19.6 Å². The second-order valence-corrected chi connectivity index (χ2v) is 6.11. The number of nitrogens with zero attached hydrogens (tertiary/aromatic N) is 2. The third kappa shape index (κ3) is 5.47. The number of methoxy groups -OCH3 is 1. The van der Waals surface area contributed by atoms with E-state index in [0.717, 1.165) is 5.56 Å². The molecule has 1 saturated heterocycles.